The lowest BCUT2D eigenvalue weighted by Crippen LogP contribution is -1.99. The molecular weight excluding hydrogens is 260 g/mol. The first-order valence-electron chi connectivity index (χ1n) is 5.82. The Kier molecular flexibility index (Phi) is 4.16. The van der Waals surface area contributed by atoms with Gasteiger partial charge in [0.15, 0.2) is 0 Å². The highest BCUT2D eigenvalue weighted by Gasteiger charge is 2.06. The van der Waals surface area contributed by atoms with Crippen molar-refractivity contribution in [3.05, 3.63) is 41.5 Å². The number of benzene rings is 1. The number of aryl methyl sites for hydroxylation is 2. The molecule has 2 rings (SSSR count). The van der Waals surface area contributed by atoms with Crippen LogP contribution < -0.4 is 0 Å². The molecule has 0 amide bonds. The summed E-state index contributed by atoms with van der Waals surface area (Å²) in [7, 11) is 0. The van der Waals surface area contributed by atoms with Crippen molar-refractivity contribution in [3.63, 3.8) is 0 Å². The zero-order valence-electron chi connectivity index (χ0n) is 10.8. The van der Waals surface area contributed by atoms with E-state index in [2.05, 4.69) is 28.4 Å². The molecule has 4 nitrogen and oxygen atoms in total. The summed E-state index contributed by atoms with van der Waals surface area (Å²) in [5.74, 6) is -0.859. The number of nitrogens with zero attached hydrogens (tertiary/aromatic N) is 2. The Balaban J connectivity index is 2.22. The van der Waals surface area contributed by atoms with E-state index in [0.29, 0.717) is 5.03 Å². The van der Waals surface area contributed by atoms with Gasteiger partial charge in [0.1, 0.15) is 5.03 Å². The molecule has 19 heavy (non-hydrogen) atoms. The van der Waals surface area contributed by atoms with Gasteiger partial charge in [0.05, 0.1) is 11.4 Å². The van der Waals surface area contributed by atoms with E-state index in [-0.39, 0.29) is 5.75 Å². The van der Waals surface area contributed by atoms with Gasteiger partial charge in [-0.05, 0) is 37.6 Å². The minimum Gasteiger partial charge on any atom is -0.481 e. The largest absolute Gasteiger partial charge is 0.481 e. The number of carbonyl (C=O) groups is 1. The van der Waals surface area contributed by atoms with Gasteiger partial charge in [-0.25, -0.2) is 0 Å². The minimum atomic E-state index is -0.856. The fourth-order valence-corrected chi connectivity index (χ4v) is 2.22. The Labute approximate surface area is 115 Å². The second-order valence-corrected chi connectivity index (χ2v) is 5.25. The summed E-state index contributed by atoms with van der Waals surface area (Å²) in [5, 5.41) is 17.4. The van der Waals surface area contributed by atoms with Gasteiger partial charge in [-0.1, -0.05) is 29.5 Å². The van der Waals surface area contributed by atoms with Gasteiger partial charge in [-0.3, -0.25) is 4.79 Å². The van der Waals surface area contributed by atoms with E-state index in [1.54, 1.807) is 6.07 Å². The van der Waals surface area contributed by atoms with Crippen molar-refractivity contribution in [1.29, 1.82) is 0 Å². The Hall–Kier alpha value is -1.88. The fraction of sp³-hybridized carbons (Fsp3) is 0.214. The highest BCUT2D eigenvalue weighted by atomic mass is 32.2. The molecule has 1 N–H and O–H groups in total. The van der Waals surface area contributed by atoms with Crippen molar-refractivity contribution < 1.29 is 9.90 Å². The van der Waals surface area contributed by atoms with Gasteiger partial charge in [0.25, 0.3) is 0 Å². The molecule has 0 bridgehead atoms. The zero-order valence-corrected chi connectivity index (χ0v) is 11.6. The SMILES string of the molecule is Cc1ccc(C)c(-c2ccc(SCC(=O)O)nn2)c1. The average molecular weight is 274 g/mol. The number of carboxylic acid groups (broad SMARTS) is 1. The Morgan fingerprint density at radius 2 is 2.00 bits per heavy atom. The van der Waals surface area contributed by atoms with Gasteiger partial charge in [-0.15, -0.1) is 10.2 Å². The van der Waals surface area contributed by atoms with Crippen LogP contribution in [0.2, 0.25) is 0 Å². The second-order valence-electron chi connectivity index (χ2n) is 4.26. The van der Waals surface area contributed by atoms with Gasteiger partial charge in [0.2, 0.25) is 0 Å². The van der Waals surface area contributed by atoms with Gasteiger partial charge < -0.3 is 5.11 Å². The van der Waals surface area contributed by atoms with Gasteiger partial charge in [-0.2, -0.15) is 0 Å². The number of thioether (sulfide) groups is 1. The Morgan fingerprint density at radius 1 is 1.21 bits per heavy atom. The third kappa shape index (κ3) is 3.54. The quantitative estimate of drug-likeness (QED) is 0.868. The van der Waals surface area contributed by atoms with Crippen molar-refractivity contribution in [2.45, 2.75) is 18.9 Å². The van der Waals surface area contributed by atoms with Crippen molar-refractivity contribution in [2.24, 2.45) is 0 Å². The van der Waals surface area contributed by atoms with Crippen LogP contribution in [0.1, 0.15) is 11.1 Å². The van der Waals surface area contributed by atoms with E-state index in [9.17, 15) is 4.79 Å². The van der Waals surface area contributed by atoms with Gasteiger partial charge in [0, 0.05) is 5.56 Å². The highest BCUT2D eigenvalue weighted by Crippen LogP contribution is 2.23. The third-order valence-corrected chi connectivity index (χ3v) is 3.56. The Bertz CT molecular complexity index is 597. The van der Waals surface area contributed by atoms with Crippen LogP contribution in [0.5, 0.6) is 0 Å². The lowest BCUT2D eigenvalue weighted by Gasteiger charge is -2.06. The normalized spacial score (nSPS) is 10.4. The van der Waals surface area contributed by atoms with Crippen LogP contribution in [0.25, 0.3) is 11.3 Å². The molecule has 0 aliphatic rings. The van der Waals surface area contributed by atoms with E-state index in [1.807, 2.05) is 19.9 Å². The highest BCUT2D eigenvalue weighted by molar-refractivity contribution is 7.99. The van der Waals surface area contributed by atoms with Crippen molar-refractivity contribution in [3.8, 4) is 11.3 Å². The van der Waals surface area contributed by atoms with Crippen LogP contribution in [-0.2, 0) is 4.79 Å². The minimum absolute atomic E-state index is 0.00248. The number of hydrogen-bond donors (Lipinski definition) is 1. The lowest BCUT2D eigenvalue weighted by molar-refractivity contribution is -0.133. The molecule has 1 aromatic carbocycles. The molecule has 0 aliphatic heterocycles. The first-order chi connectivity index (χ1) is 9.06. The number of aliphatic carboxylic acids is 1. The van der Waals surface area contributed by atoms with Crippen LogP contribution in [0.15, 0.2) is 35.4 Å². The number of aromatic nitrogens is 2. The zero-order chi connectivity index (χ0) is 13.8. The summed E-state index contributed by atoms with van der Waals surface area (Å²) >= 11 is 1.17. The third-order valence-electron chi connectivity index (χ3n) is 2.65. The maximum absolute atomic E-state index is 10.5. The van der Waals surface area contributed by atoms with Crippen LogP contribution in [0.3, 0.4) is 0 Å². The monoisotopic (exact) mass is 274 g/mol. The maximum Gasteiger partial charge on any atom is 0.313 e. The standard InChI is InChI=1S/C14H14N2O2S/c1-9-3-4-10(2)11(7-9)12-5-6-13(16-15-12)19-8-14(17)18/h3-7H,8H2,1-2H3,(H,17,18). The van der Waals surface area contributed by atoms with Crippen LogP contribution in [0, 0.1) is 13.8 Å². The van der Waals surface area contributed by atoms with Crippen molar-refractivity contribution in [2.75, 3.05) is 5.75 Å². The molecule has 98 valence electrons. The molecule has 0 unspecified atom stereocenters. The summed E-state index contributed by atoms with van der Waals surface area (Å²) in [6, 6.07) is 9.86. The van der Waals surface area contributed by atoms with Crippen LogP contribution >= 0.6 is 11.8 Å². The van der Waals surface area contributed by atoms with E-state index in [4.69, 9.17) is 5.11 Å². The summed E-state index contributed by atoms with van der Waals surface area (Å²) in [6.07, 6.45) is 0. The van der Waals surface area contributed by atoms with E-state index in [1.165, 1.54) is 17.3 Å². The summed E-state index contributed by atoms with van der Waals surface area (Å²) in [4.78, 5) is 10.5. The molecule has 0 saturated heterocycles. The molecule has 1 heterocycles. The fourth-order valence-electron chi connectivity index (χ4n) is 1.69. The summed E-state index contributed by atoms with van der Waals surface area (Å²) in [6.45, 7) is 4.07. The van der Waals surface area contributed by atoms with Crippen molar-refractivity contribution >= 4 is 17.7 Å². The number of rotatable bonds is 4. The first kappa shape index (κ1) is 13.5. The van der Waals surface area contributed by atoms with Gasteiger partial charge >= 0.3 is 5.97 Å². The average Bonchev–Trinajstić information content (AvgIpc) is 2.40. The predicted octanol–water partition coefficient (Wildman–Crippen LogP) is 2.94. The van der Waals surface area contributed by atoms with E-state index >= 15 is 0 Å². The molecule has 0 radical (unpaired) electrons. The number of hydrogen-bond acceptors (Lipinski definition) is 4. The van der Waals surface area contributed by atoms with Crippen LogP contribution in [0.4, 0.5) is 0 Å². The molecule has 0 saturated carbocycles. The molecule has 1 aromatic heterocycles. The molecule has 5 heteroatoms. The number of carboxylic acids is 1. The molecule has 0 atom stereocenters. The topological polar surface area (TPSA) is 63.1 Å². The smallest absolute Gasteiger partial charge is 0.313 e. The van der Waals surface area contributed by atoms with Crippen molar-refractivity contribution in [1.82, 2.24) is 10.2 Å². The van der Waals surface area contributed by atoms with Crippen LogP contribution in [-0.4, -0.2) is 27.0 Å². The molecular formula is C14H14N2O2S. The maximum atomic E-state index is 10.5. The second kappa shape index (κ2) is 5.84. The lowest BCUT2D eigenvalue weighted by atomic mass is 10.0. The molecule has 0 aliphatic carbocycles. The van der Waals surface area contributed by atoms with E-state index < -0.39 is 5.97 Å². The summed E-state index contributed by atoms with van der Waals surface area (Å²) < 4.78 is 0. The predicted molar refractivity (Wildman–Crippen MR) is 75.3 cm³/mol. The molecule has 0 fully saturated rings. The molecule has 2 aromatic rings. The molecule has 0 spiro atoms. The first-order valence-corrected chi connectivity index (χ1v) is 6.81. The Morgan fingerprint density at radius 3 is 2.63 bits per heavy atom. The van der Waals surface area contributed by atoms with E-state index in [0.717, 1.165) is 16.8 Å². The summed E-state index contributed by atoms with van der Waals surface area (Å²) in [5.41, 5.74) is 4.18.